The van der Waals surface area contributed by atoms with E-state index in [0.29, 0.717) is 26.2 Å². The molecule has 0 bridgehead atoms. The summed E-state index contributed by atoms with van der Waals surface area (Å²) in [5.41, 5.74) is 1.03. The van der Waals surface area contributed by atoms with Crippen molar-refractivity contribution in [2.45, 2.75) is 4.90 Å². The monoisotopic (exact) mass is 401 g/mol. The van der Waals surface area contributed by atoms with Gasteiger partial charge in [-0.25, -0.2) is 13.2 Å². The van der Waals surface area contributed by atoms with Crippen LogP contribution in [0.25, 0.3) is 11.0 Å². The third-order valence-electron chi connectivity index (χ3n) is 2.97. The largest absolute Gasteiger partial charge is 0.323 e. The van der Waals surface area contributed by atoms with E-state index in [0.717, 1.165) is 0 Å². The number of hydrogen-bond acceptors (Lipinski definition) is 3. The van der Waals surface area contributed by atoms with Crippen LogP contribution in [0.2, 0.25) is 5.02 Å². The summed E-state index contributed by atoms with van der Waals surface area (Å²) in [7, 11) is -3.76. The van der Waals surface area contributed by atoms with E-state index >= 15 is 0 Å². The van der Waals surface area contributed by atoms with Gasteiger partial charge in [-0.3, -0.25) is 4.72 Å². The van der Waals surface area contributed by atoms with Crippen LogP contribution >= 0.6 is 27.5 Å². The minimum Gasteiger partial charge on any atom is -0.306 e. The molecule has 0 unspecified atom stereocenters. The zero-order valence-electron chi connectivity index (χ0n) is 10.9. The average molecular weight is 403 g/mol. The Kier molecular flexibility index (Phi) is 3.75. The van der Waals surface area contributed by atoms with Gasteiger partial charge in [-0.2, -0.15) is 0 Å². The number of aromatic amines is 2. The van der Waals surface area contributed by atoms with Gasteiger partial charge in [0.2, 0.25) is 0 Å². The third-order valence-corrected chi connectivity index (χ3v) is 5.26. The Labute approximate surface area is 138 Å². The molecule has 6 nitrogen and oxygen atoms in total. The zero-order chi connectivity index (χ0) is 15.9. The molecule has 0 amide bonds. The van der Waals surface area contributed by atoms with Crippen LogP contribution in [0.3, 0.4) is 0 Å². The first kappa shape index (κ1) is 15.1. The quantitative estimate of drug-likeness (QED) is 0.628. The van der Waals surface area contributed by atoms with Crippen molar-refractivity contribution in [3.8, 4) is 0 Å². The number of aromatic nitrogens is 2. The molecule has 0 aliphatic rings. The van der Waals surface area contributed by atoms with Crippen molar-refractivity contribution in [2.75, 3.05) is 4.72 Å². The molecule has 114 valence electrons. The second kappa shape index (κ2) is 5.45. The van der Waals surface area contributed by atoms with Crippen LogP contribution in [0.15, 0.2) is 50.6 Å². The van der Waals surface area contributed by atoms with Gasteiger partial charge < -0.3 is 9.97 Å². The van der Waals surface area contributed by atoms with E-state index in [1.54, 1.807) is 6.07 Å². The molecule has 0 radical (unpaired) electrons. The number of H-pyrrole nitrogens is 2. The lowest BCUT2D eigenvalue weighted by molar-refractivity contribution is 0.601. The summed E-state index contributed by atoms with van der Waals surface area (Å²) in [6.07, 6.45) is 0. The molecular weight excluding hydrogens is 394 g/mol. The first-order valence-electron chi connectivity index (χ1n) is 6.05. The van der Waals surface area contributed by atoms with Crippen molar-refractivity contribution in [2.24, 2.45) is 0 Å². The van der Waals surface area contributed by atoms with Gasteiger partial charge in [0, 0.05) is 9.50 Å². The fourth-order valence-corrected chi connectivity index (χ4v) is 3.72. The third kappa shape index (κ3) is 2.90. The Hall–Kier alpha value is -1.77. The SMILES string of the molecule is O=c1[nH]c2cc(Br)c(NS(=O)(=O)c3ccc(Cl)cc3)cc2[nH]1. The molecule has 0 aliphatic heterocycles. The van der Waals surface area contributed by atoms with E-state index in [2.05, 4.69) is 30.6 Å². The van der Waals surface area contributed by atoms with E-state index in [9.17, 15) is 13.2 Å². The number of imidazole rings is 1. The maximum atomic E-state index is 12.4. The molecule has 1 heterocycles. The van der Waals surface area contributed by atoms with Crippen molar-refractivity contribution in [1.29, 1.82) is 0 Å². The number of benzene rings is 2. The first-order valence-corrected chi connectivity index (χ1v) is 8.70. The number of hydrogen-bond donors (Lipinski definition) is 3. The Morgan fingerprint density at radius 2 is 1.64 bits per heavy atom. The maximum Gasteiger partial charge on any atom is 0.323 e. The summed E-state index contributed by atoms with van der Waals surface area (Å²) in [4.78, 5) is 16.5. The lowest BCUT2D eigenvalue weighted by Gasteiger charge is -2.10. The highest BCUT2D eigenvalue weighted by atomic mass is 79.9. The van der Waals surface area contributed by atoms with Gasteiger partial charge >= 0.3 is 5.69 Å². The molecule has 3 N–H and O–H groups in total. The van der Waals surface area contributed by atoms with Crippen molar-refractivity contribution in [3.63, 3.8) is 0 Å². The summed E-state index contributed by atoms with van der Waals surface area (Å²) >= 11 is 9.03. The smallest absolute Gasteiger partial charge is 0.306 e. The van der Waals surface area contributed by atoms with Crippen LogP contribution in [-0.4, -0.2) is 18.4 Å². The highest BCUT2D eigenvalue weighted by Gasteiger charge is 2.16. The Bertz CT molecular complexity index is 1010. The summed E-state index contributed by atoms with van der Waals surface area (Å²) in [6.45, 7) is 0. The number of sulfonamides is 1. The topological polar surface area (TPSA) is 94.8 Å². The second-order valence-corrected chi connectivity index (χ2v) is 7.49. The van der Waals surface area contributed by atoms with Gasteiger partial charge in [0.05, 0.1) is 21.6 Å². The van der Waals surface area contributed by atoms with Crippen LogP contribution in [0.1, 0.15) is 0 Å². The van der Waals surface area contributed by atoms with Gasteiger partial charge in [-0.15, -0.1) is 0 Å². The molecule has 3 rings (SSSR count). The van der Waals surface area contributed by atoms with Gasteiger partial charge in [0.1, 0.15) is 0 Å². The minimum atomic E-state index is -3.76. The molecule has 0 spiro atoms. The Morgan fingerprint density at radius 1 is 1.05 bits per heavy atom. The number of nitrogens with one attached hydrogen (secondary N) is 3. The van der Waals surface area contributed by atoms with Crippen molar-refractivity contribution in [3.05, 3.63) is 56.4 Å². The molecule has 1 aromatic heterocycles. The van der Waals surface area contributed by atoms with E-state index in [4.69, 9.17) is 11.6 Å². The number of rotatable bonds is 3. The van der Waals surface area contributed by atoms with Gasteiger partial charge in [0.15, 0.2) is 0 Å². The minimum absolute atomic E-state index is 0.0893. The molecule has 2 aromatic carbocycles. The molecule has 9 heteroatoms. The van der Waals surface area contributed by atoms with Crippen LogP contribution in [-0.2, 0) is 10.0 Å². The van der Waals surface area contributed by atoms with Crippen molar-refractivity contribution >= 4 is 54.3 Å². The van der Waals surface area contributed by atoms with E-state index in [1.165, 1.54) is 30.3 Å². The van der Waals surface area contributed by atoms with E-state index in [1.807, 2.05) is 0 Å². The molecule has 0 aliphatic carbocycles. The second-order valence-electron chi connectivity index (χ2n) is 4.52. The molecular formula is C13H9BrClN3O3S. The lowest BCUT2D eigenvalue weighted by atomic mass is 10.3. The average Bonchev–Trinajstić information content (AvgIpc) is 2.78. The van der Waals surface area contributed by atoms with Crippen molar-refractivity contribution < 1.29 is 8.42 Å². The maximum absolute atomic E-state index is 12.4. The highest BCUT2D eigenvalue weighted by Crippen LogP contribution is 2.28. The van der Waals surface area contributed by atoms with Crippen LogP contribution in [0, 0.1) is 0 Å². The molecule has 3 aromatic rings. The normalized spacial score (nSPS) is 11.7. The van der Waals surface area contributed by atoms with Crippen LogP contribution in [0.5, 0.6) is 0 Å². The molecule has 22 heavy (non-hydrogen) atoms. The molecule has 0 saturated heterocycles. The summed E-state index contributed by atoms with van der Waals surface area (Å²) in [5, 5.41) is 0.450. The fourth-order valence-electron chi connectivity index (χ4n) is 1.95. The fraction of sp³-hybridized carbons (Fsp3) is 0. The van der Waals surface area contributed by atoms with E-state index in [-0.39, 0.29) is 10.6 Å². The standard InChI is InChI=1S/C13H9BrClN3O3S/c14-9-5-11-12(17-13(19)16-11)6-10(9)18-22(20,21)8-3-1-7(15)2-4-8/h1-6,18H,(H2,16,17,19). The van der Waals surface area contributed by atoms with Gasteiger partial charge in [0.25, 0.3) is 10.0 Å². The number of halogens is 2. The molecule has 0 atom stereocenters. The van der Waals surface area contributed by atoms with Crippen molar-refractivity contribution in [1.82, 2.24) is 9.97 Å². The summed E-state index contributed by atoms with van der Waals surface area (Å²) in [5.74, 6) is 0. The molecule has 0 saturated carbocycles. The molecule has 0 fully saturated rings. The van der Waals surface area contributed by atoms with Gasteiger partial charge in [-0.1, -0.05) is 11.6 Å². The van der Waals surface area contributed by atoms with Crippen LogP contribution in [0.4, 0.5) is 5.69 Å². The lowest BCUT2D eigenvalue weighted by Crippen LogP contribution is -2.13. The Morgan fingerprint density at radius 3 is 2.27 bits per heavy atom. The summed E-state index contributed by atoms with van der Waals surface area (Å²) < 4.78 is 27.7. The predicted octanol–water partition coefficient (Wildman–Crippen LogP) is 3.07. The number of anilines is 1. The Balaban J connectivity index is 2.03. The first-order chi connectivity index (χ1) is 10.3. The summed E-state index contributed by atoms with van der Waals surface area (Å²) in [6, 6.07) is 8.97. The van der Waals surface area contributed by atoms with Gasteiger partial charge in [-0.05, 0) is 52.3 Å². The zero-order valence-corrected chi connectivity index (χ0v) is 14.0. The highest BCUT2D eigenvalue weighted by molar-refractivity contribution is 9.10. The van der Waals surface area contributed by atoms with E-state index < -0.39 is 10.0 Å². The van der Waals surface area contributed by atoms with Crippen LogP contribution < -0.4 is 10.4 Å². The predicted molar refractivity (Wildman–Crippen MR) is 88.9 cm³/mol. The number of fused-ring (bicyclic) bond motifs is 1.